The number of carbonyl (C=O) groups is 1. The third-order valence-corrected chi connectivity index (χ3v) is 3.71. The first-order valence-corrected chi connectivity index (χ1v) is 7.70. The molecule has 2 atom stereocenters. The van der Waals surface area contributed by atoms with Gasteiger partial charge >= 0.3 is 0 Å². The number of benzene rings is 1. The van der Waals surface area contributed by atoms with Gasteiger partial charge in [0, 0.05) is 6.54 Å². The molecule has 0 aliphatic carbocycles. The zero-order valence-corrected chi connectivity index (χ0v) is 13.3. The Morgan fingerprint density at radius 1 is 1.14 bits per heavy atom. The fraction of sp³-hybridized carbons (Fsp3) is 0.588. The van der Waals surface area contributed by atoms with Crippen molar-refractivity contribution < 1.29 is 9.18 Å². The lowest BCUT2D eigenvalue weighted by Gasteiger charge is -2.26. The van der Waals surface area contributed by atoms with Crippen LogP contribution in [0.4, 0.5) is 4.39 Å². The maximum absolute atomic E-state index is 13.1. The summed E-state index contributed by atoms with van der Waals surface area (Å²) in [5, 5.41) is 3.42. The first-order chi connectivity index (χ1) is 9.88. The molecule has 1 N–H and O–H groups in total. The third-order valence-electron chi connectivity index (χ3n) is 3.71. The molecular formula is C17H25FN2O. The van der Waals surface area contributed by atoms with E-state index in [1.54, 1.807) is 12.1 Å². The Hall–Kier alpha value is -1.42. The van der Waals surface area contributed by atoms with E-state index in [4.69, 9.17) is 0 Å². The smallest absolute Gasteiger partial charge is 0.241 e. The van der Waals surface area contributed by atoms with Gasteiger partial charge in [-0.3, -0.25) is 10.1 Å². The molecule has 2 unspecified atom stereocenters. The number of rotatable bonds is 5. The topological polar surface area (TPSA) is 32.3 Å². The normalized spacial score (nSPS) is 22.6. The maximum atomic E-state index is 13.1. The molecule has 3 nitrogen and oxygen atoms in total. The molecule has 0 bridgehead atoms. The number of amides is 1. The van der Waals surface area contributed by atoms with Crippen molar-refractivity contribution in [1.29, 1.82) is 0 Å². The van der Waals surface area contributed by atoms with E-state index in [0.717, 1.165) is 12.0 Å². The van der Waals surface area contributed by atoms with Crippen molar-refractivity contribution in [1.82, 2.24) is 10.2 Å². The zero-order valence-electron chi connectivity index (χ0n) is 13.3. The summed E-state index contributed by atoms with van der Waals surface area (Å²) in [6, 6.07) is 6.27. The Balaban J connectivity index is 2.23. The molecule has 1 aliphatic rings. The van der Waals surface area contributed by atoms with Gasteiger partial charge in [0.2, 0.25) is 5.91 Å². The van der Waals surface area contributed by atoms with Gasteiger partial charge < -0.3 is 4.90 Å². The number of hydrogen-bond donors (Lipinski definition) is 1. The van der Waals surface area contributed by atoms with Gasteiger partial charge in [0.05, 0.1) is 6.04 Å². The highest BCUT2D eigenvalue weighted by Gasteiger charge is 2.39. The highest BCUT2D eigenvalue weighted by molar-refractivity contribution is 5.84. The SMILES string of the molecule is CC(C)CC1NC(c2ccc(F)cc2)N(CC(C)C)C1=O. The lowest BCUT2D eigenvalue weighted by Crippen LogP contribution is -2.34. The minimum atomic E-state index is -0.253. The third kappa shape index (κ3) is 3.82. The second kappa shape index (κ2) is 6.56. The Kier molecular flexibility index (Phi) is 4.99. The molecule has 1 amide bonds. The van der Waals surface area contributed by atoms with Gasteiger partial charge in [0.15, 0.2) is 0 Å². The van der Waals surface area contributed by atoms with E-state index in [0.29, 0.717) is 18.4 Å². The summed E-state index contributed by atoms with van der Waals surface area (Å²) in [4.78, 5) is 14.5. The first kappa shape index (κ1) is 16.0. The van der Waals surface area contributed by atoms with Crippen molar-refractivity contribution in [3.63, 3.8) is 0 Å². The molecule has 1 aromatic rings. The number of nitrogens with zero attached hydrogens (tertiary/aromatic N) is 1. The van der Waals surface area contributed by atoms with Crippen LogP contribution < -0.4 is 5.32 Å². The predicted molar refractivity (Wildman–Crippen MR) is 82.1 cm³/mol. The van der Waals surface area contributed by atoms with Crippen molar-refractivity contribution in [2.24, 2.45) is 11.8 Å². The van der Waals surface area contributed by atoms with Gasteiger partial charge in [0.25, 0.3) is 0 Å². The number of nitrogens with one attached hydrogen (secondary N) is 1. The largest absolute Gasteiger partial charge is 0.321 e. The standard InChI is InChI=1S/C17H25FN2O/c1-11(2)9-15-17(21)20(10-12(3)4)16(19-15)13-5-7-14(18)8-6-13/h5-8,11-12,15-16,19H,9-10H2,1-4H3. The Labute approximate surface area is 126 Å². The molecule has 0 saturated carbocycles. The lowest BCUT2D eigenvalue weighted by molar-refractivity contribution is -0.130. The minimum absolute atomic E-state index is 0.140. The van der Waals surface area contributed by atoms with Crippen LogP contribution in [0.2, 0.25) is 0 Å². The summed E-state index contributed by atoms with van der Waals surface area (Å²) in [6.45, 7) is 9.15. The monoisotopic (exact) mass is 292 g/mol. The van der Waals surface area contributed by atoms with Crippen LogP contribution in [0.1, 0.15) is 45.8 Å². The quantitative estimate of drug-likeness (QED) is 0.903. The summed E-state index contributed by atoms with van der Waals surface area (Å²) in [5.74, 6) is 0.764. The van der Waals surface area contributed by atoms with Crippen molar-refractivity contribution >= 4 is 5.91 Å². The molecule has 2 rings (SSSR count). The van der Waals surface area contributed by atoms with Crippen LogP contribution in [0.15, 0.2) is 24.3 Å². The second-order valence-corrected chi connectivity index (χ2v) is 6.69. The van der Waals surface area contributed by atoms with Crippen molar-refractivity contribution in [2.75, 3.05) is 6.54 Å². The molecule has 0 aromatic heterocycles. The van der Waals surface area contributed by atoms with Crippen LogP contribution in [0.5, 0.6) is 0 Å². The molecule has 116 valence electrons. The summed E-state index contributed by atoms with van der Waals surface area (Å²) in [6.07, 6.45) is 0.676. The van der Waals surface area contributed by atoms with E-state index >= 15 is 0 Å². The molecule has 1 heterocycles. The summed E-state index contributed by atoms with van der Waals surface area (Å²) >= 11 is 0. The molecule has 1 aliphatic heterocycles. The van der Waals surface area contributed by atoms with Crippen LogP contribution in [-0.2, 0) is 4.79 Å². The molecule has 4 heteroatoms. The minimum Gasteiger partial charge on any atom is -0.321 e. The highest BCUT2D eigenvalue weighted by Crippen LogP contribution is 2.28. The average Bonchev–Trinajstić information content (AvgIpc) is 2.68. The molecule has 0 spiro atoms. The maximum Gasteiger partial charge on any atom is 0.241 e. The van der Waals surface area contributed by atoms with Crippen LogP contribution >= 0.6 is 0 Å². The van der Waals surface area contributed by atoms with Crippen molar-refractivity contribution in [2.45, 2.75) is 46.3 Å². The van der Waals surface area contributed by atoms with E-state index in [1.807, 2.05) is 4.90 Å². The van der Waals surface area contributed by atoms with Crippen LogP contribution in [0, 0.1) is 17.7 Å². The molecule has 21 heavy (non-hydrogen) atoms. The summed E-state index contributed by atoms with van der Waals surface area (Å²) in [7, 11) is 0. The molecule has 1 fully saturated rings. The van der Waals surface area contributed by atoms with Crippen LogP contribution in [0.25, 0.3) is 0 Å². The average molecular weight is 292 g/mol. The fourth-order valence-electron chi connectivity index (χ4n) is 2.83. The van der Waals surface area contributed by atoms with E-state index in [2.05, 4.69) is 33.0 Å². The Bertz CT molecular complexity index is 484. The fourth-order valence-corrected chi connectivity index (χ4v) is 2.83. The molecule has 1 saturated heterocycles. The van der Waals surface area contributed by atoms with Gasteiger partial charge in [-0.25, -0.2) is 4.39 Å². The van der Waals surface area contributed by atoms with Crippen molar-refractivity contribution in [3.05, 3.63) is 35.6 Å². The number of halogens is 1. The lowest BCUT2D eigenvalue weighted by atomic mass is 10.0. The molecule has 1 aromatic carbocycles. The van der Waals surface area contributed by atoms with Gasteiger partial charge in [-0.15, -0.1) is 0 Å². The van der Waals surface area contributed by atoms with Crippen LogP contribution in [0.3, 0.4) is 0 Å². The van der Waals surface area contributed by atoms with E-state index in [9.17, 15) is 9.18 Å². The van der Waals surface area contributed by atoms with E-state index in [-0.39, 0.29) is 23.9 Å². The number of carbonyl (C=O) groups excluding carboxylic acids is 1. The van der Waals surface area contributed by atoms with Gasteiger partial charge in [-0.1, -0.05) is 39.8 Å². The highest BCUT2D eigenvalue weighted by atomic mass is 19.1. The second-order valence-electron chi connectivity index (χ2n) is 6.69. The Morgan fingerprint density at radius 3 is 2.29 bits per heavy atom. The van der Waals surface area contributed by atoms with E-state index < -0.39 is 0 Å². The number of hydrogen-bond acceptors (Lipinski definition) is 2. The van der Waals surface area contributed by atoms with Gasteiger partial charge in [-0.05, 0) is 36.0 Å². The zero-order chi connectivity index (χ0) is 15.6. The Morgan fingerprint density at radius 2 is 1.76 bits per heavy atom. The van der Waals surface area contributed by atoms with Gasteiger partial charge in [-0.2, -0.15) is 0 Å². The van der Waals surface area contributed by atoms with Gasteiger partial charge in [0.1, 0.15) is 12.0 Å². The summed E-state index contributed by atoms with van der Waals surface area (Å²) in [5.41, 5.74) is 0.941. The van der Waals surface area contributed by atoms with Crippen molar-refractivity contribution in [3.8, 4) is 0 Å². The summed E-state index contributed by atoms with van der Waals surface area (Å²) < 4.78 is 13.1. The first-order valence-electron chi connectivity index (χ1n) is 7.70. The molecule has 0 radical (unpaired) electrons. The predicted octanol–water partition coefficient (Wildman–Crippen LogP) is 3.33. The van der Waals surface area contributed by atoms with E-state index in [1.165, 1.54) is 12.1 Å². The van der Waals surface area contributed by atoms with Crippen LogP contribution in [-0.4, -0.2) is 23.4 Å². The molecular weight excluding hydrogens is 267 g/mol.